The van der Waals surface area contributed by atoms with Crippen LogP contribution in [0.1, 0.15) is 16.7 Å². The highest BCUT2D eigenvalue weighted by atomic mass is 127. The fourth-order valence-corrected chi connectivity index (χ4v) is 5.44. The smallest absolute Gasteiger partial charge is 0.335 e. The zero-order valence-corrected chi connectivity index (χ0v) is 23.1. The molecule has 0 aliphatic carbocycles. The third kappa shape index (κ3) is 5.42. The third-order valence-corrected chi connectivity index (χ3v) is 6.90. The lowest BCUT2D eigenvalue weighted by atomic mass is 10.1. The van der Waals surface area contributed by atoms with Crippen molar-refractivity contribution in [3.05, 3.63) is 95.4 Å². The average Bonchev–Trinajstić information content (AvgIpc) is 2.77. The summed E-state index contributed by atoms with van der Waals surface area (Å²) >= 11 is 9.01. The van der Waals surface area contributed by atoms with Crippen LogP contribution in [0.2, 0.25) is 0 Å². The summed E-state index contributed by atoms with van der Waals surface area (Å²) in [5, 5.41) is 2.24. The number of amides is 4. The largest absolute Gasteiger partial charge is 0.487 e. The van der Waals surface area contributed by atoms with Crippen molar-refractivity contribution in [3.8, 4) is 5.75 Å². The Kier molecular flexibility index (Phi) is 7.54. The molecule has 0 aromatic heterocycles. The zero-order chi connectivity index (χ0) is 24.4. The van der Waals surface area contributed by atoms with Crippen molar-refractivity contribution in [2.75, 3.05) is 4.90 Å². The number of nitrogens with one attached hydrogen (secondary N) is 1. The molecule has 0 bridgehead atoms. The van der Waals surface area contributed by atoms with Crippen LogP contribution in [0.4, 0.5) is 10.5 Å². The first-order valence-electron chi connectivity index (χ1n) is 10.1. The summed E-state index contributed by atoms with van der Waals surface area (Å²) in [5.74, 6) is -0.772. The van der Waals surface area contributed by atoms with Gasteiger partial charge in [-0.3, -0.25) is 14.9 Å². The number of ether oxygens (including phenoxy) is 1. The number of halogens is 3. The molecule has 1 heterocycles. The van der Waals surface area contributed by atoms with Crippen molar-refractivity contribution in [2.45, 2.75) is 13.5 Å². The molecule has 1 saturated heterocycles. The minimum Gasteiger partial charge on any atom is -0.487 e. The first kappa shape index (κ1) is 24.6. The number of benzene rings is 3. The van der Waals surface area contributed by atoms with Crippen LogP contribution in [-0.4, -0.2) is 17.8 Å². The summed E-state index contributed by atoms with van der Waals surface area (Å²) in [6.45, 7) is 2.43. The molecule has 4 rings (SSSR count). The molecule has 9 heteroatoms. The minimum atomic E-state index is -0.787. The van der Waals surface area contributed by atoms with Crippen molar-refractivity contribution in [1.82, 2.24) is 5.32 Å². The van der Waals surface area contributed by atoms with Crippen LogP contribution in [0, 0.1) is 10.5 Å². The topological polar surface area (TPSA) is 75.7 Å². The van der Waals surface area contributed by atoms with Crippen LogP contribution >= 0.6 is 54.5 Å². The Bertz CT molecular complexity index is 1320. The van der Waals surface area contributed by atoms with Gasteiger partial charge in [0.15, 0.2) is 0 Å². The maximum absolute atomic E-state index is 13.1. The Morgan fingerprint density at radius 1 is 1.03 bits per heavy atom. The van der Waals surface area contributed by atoms with Crippen LogP contribution in [0.15, 0.2) is 75.2 Å². The van der Waals surface area contributed by atoms with E-state index in [1.54, 1.807) is 30.3 Å². The molecule has 0 unspecified atom stereocenters. The first-order valence-corrected chi connectivity index (χ1v) is 12.7. The fourth-order valence-electron chi connectivity index (χ4n) is 3.41. The van der Waals surface area contributed by atoms with Crippen molar-refractivity contribution < 1.29 is 19.1 Å². The number of urea groups is 1. The third-order valence-electron chi connectivity index (χ3n) is 4.98. The number of aryl methyl sites for hydroxylation is 1. The van der Waals surface area contributed by atoms with Crippen LogP contribution in [-0.2, 0) is 16.2 Å². The maximum Gasteiger partial charge on any atom is 0.335 e. The molecule has 3 aromatic carbocycles. The Morgan fingerprint density at radius 3 is 2.44 bits per heavy atom. The van der Waals surface area contributed by atoms with Crippen LogP contribution in [0.5, 0.6) is 5.75 Å². The molecule has 1 aliphatic rings. The molecule has 1 N–H and O–H groups in total. The van der Waals surface area contributed by atoms with E-state index in [1.807, 2.05) is 31.2 Å². The van der Waals surface area contributed by atoms with Gasteiger partial charge in [0.1, 0.15) is 17.9 Å². The maximum atomic E-state index is 13.1. The van der Waals surface area contributed by atoms with Crippen molar-refractivity contribution >= 4 is 84.1 Å². The van der Waals surface area contributed by atoms with E-state index in [0.717, 1.165) is 24.1 Å². The van der Waals surface area contributed by atoms with Gasteiger partial charge < -0.3 is 4.74 Å². The van der Waals surface area contributed by atoms with E-state index in [-0.39, 0.29) is 5.57 Å². The summed E-state index contributed by atoms with van der Waals surface area (Å²) in [7, 11) is 0. The molecule has 0 saturated carbocycles. The van der Waals surface area contributed by atoms with E-state index in [0.29, 0.717) is 28.1 Å². The van der Waals surface area contributed by atoms with Gasteiger partial charge in [-0.1, -0.05) is 45.8 Å². The summed E-state index contributed by atoms with van der Waals surface area (Å²) in [6.07, 6.45) is 1.47. The number of barbiturate groups is 1. The van der Waals surface area contributed by atoms with E-state index < -0.39 is 17.8 Å². The molecule has 0 atom stereocenters. The molecule has 3 aromatic rings. The van der Waals surface area contributed by atoms with Gasteiger partial charge in [0.05, 0.1) is 13.7 Å². The quantitative estimate of drug-likeness (QED) is 0.191. The molecule has 172 valence electrons. The molecular weight excluding hydrogens is 679 g/mol. The summed E-state index contributed by atoms with van der Waals surface area (Å²) in [5.41, 5.74) is 3.04. The highest BCUT2D eigenvalue weighted by molar-refractivity contribution is 14.1. The number of hydrogen-bond acceptors (Lipinski definition) is 4. The van der Waals surface area contributed by atoms with Gasteiger partial charge in [0.25, 0.3) is 11.8 Å². The second-order valence-corrected chi connectivity index (χ2v) is 10.5. The van der Waals surface area contributed by atoms with Gasteiger partial charge in [0, 0.05) is 4.47 Å². The number of nitrogens with zero attached hydrogens (tertiary/aromatic N) is 1. The van der Waals surface area contributed by atoms with Gasteiger partial charge in [-0.15, -0.1) is 0 Å². The van der Waals surface area contributed by atoms with Crippen LogP contribution < -0.4 is 15.0 Å². The SMILES string of the molecule is Cc1cccc(COc2c(Br)cc(/C=C3\C(=O)NC(=O)N(c4ccc(Br)cc4)C3=O)cc2I)c1. The predicted octanol–water partition coefficient (Wildman–Crippen LogP) is 6.37. The molecule has 0 spiro atoms. The Morgan fingerprint density at radius 2 is 1.76 bits per heavy atom. The van der Waals surface area contributed by atoms with Gasteiger partial charge in [-0.25, -0.2) is 9.69 Å². The van der Waals surface area contributed by atoms with E-state index in [2.05, 4.69) is 65.8 Å². The number of anilines is 1. The summed E-state index contributed by atoms with van der Waals surface area (Å²) < 4.78 is 8.30. The standard InChI is InChI=1S/C25H17Br2IN2O4/c1-14-3-2-4-15(9-14)13-34-22-20(27)11-16(12-21(22)28)10-19-23(31)29-25(33)30(24(19)32)18-7-5-17(26)6-8-18/h2-12H,13H2,1H3,(H,29,31,33)/b19-10+. The zero-order valence-electron chi connectivity index (χ0n) is 17.8. The molecule has 0 radical (unpaired) electrons. The highest BCUT2D eigenvalue weighted by Gasteiger charge is 2.36. The van der Waals surface area contributed by atoms with Gasteiger partial charge in [-0.2, -0.15) is 0 Å². The molecule has 4 amide bonds. The molecule has 34 heavy (non-hydrogen) atoms. The predicted molar refractivity (Wildman–Crippen MR) is 146 cm³/mol. The number of carbonyl (C=O) groups excluding carboxylic acids is 3. The lowest BCUT2D eigenvalue weighted by Crippen LogP contribution is -2.54. The van der Waals surface area contributed by atoms with E-state index in [9.17, 15) is 14.4 Å². The highest BCUT2D eigenvalue weighted by Crippen LogP contribution is 2.34. The number of hydrogen-bond donors (Lipinski definition) is 1. The second kappa shape index (κ2) is 10.4. The van der Waals surface area contributed by atoms with Gasteiger partial charge >= 0.3 is 6.03 Å². The number of carbonyl (C=O) groups is 3. The fraction of sp³-hybridized carbons (Fsp3) is 0.0800. The lowest BCUT2D eigenvalue weighted by molar-refractivity contribution is -0.122. The Hall–Kier alpha value is -2.50. The monoisotopic (exact) mass is 694 g/mol. The first-order chi connectivity index (χ1) is 16.2. The van der Waals surface area contributed by atoms with E-state index >= 15 is 0 Å². The molecule has 1 aliphatic heterocycles. The second-order valence-electron chi connectivity index (χ2n) is 7.53. The Balaban J connectivity index is 1.60. The minimum absolute atomic E-state index is 0.140. The summed E-state index contributed by atoms with van der Waals surface area (Å²) in [4.78, 5) is 38.9. The number of imide groups is 2. The van der Waals surface area contributed by atoms with Crippen molar-refractivity contribution in [2.24, 2.45) is 0 Å². The van der Waals surface area contributed by atoms with Crippen molar-refractivity contribution in [1.29, 1.82) is 0 Å². The lowest BCUT2D eigenvalue weighted by Gasteiger charge is -2.26. The van der Waals surface area contributed by atoms with Crippen LogP contribution in [0.25, 0.3) is 6.08 Å². The normalized spacial score (nSPS) is 15.0. The van der Waals surface area contributed by atoms with Gasteiger partial charge in [-0.05, 0) is 99.0 Å². The van der Waals surface area contributed by atoms with Crippen molar-refractivity contribution in [3.63, 3.8) is 0 Å². The van der Waals surface area contributed by atoms with E-state index in [4.69, 9.17) is 4.74 Å². The molecular formula is C25H17Br2IN2O4. The molecule has 6 nitrogen and oxygen atoms in total. The summed E-state index contributed by atoms with van der Waals surface area (Å²) in [6, 6.07) is 17.5. The van der Waals surface area contributed by atoms with Crippen LogP contribution in [0.3, 0.4) is 0 Å². The van der Waals surface area contributed by atoms with Gasteiger partial charge in [0.2, 0.25) is 0 Å². The molecule has 1 fully saturated rings. The average molecular weight is 696 g/mol. The van der Waals surface area contributed by atoms with E-state index in [1.165, 1.54) is 6.08 Å². The number of rotatable bonds is 5. The Labute approximate surface area is 226 Å².